The number of fused-ring (bicyclic) bond motifs is 1. The fourth-order valence-electron chi connectivity index (χ4n) is 3.09. The third-order valence-corrected chi connectivity index (χ3v) is 5.42. The second-order valence-electron chi connectivity index (χ2n) is 5.82. The zero-order valence-corrected chi connectivity index (χ0v) is 16.9. The lowest BCUT2D eigenvalue weighted by molar-refractivity contribution is -0.138. The predicted octanol–water partition coefficient (Wildman–Crippen LogP) is 4.49. The van der Waals surface area contributed by atoms with Gasteiger partial charge in [0.2, 0.25) is 0 Å². The number of anilines is 2. The van der Waals surface area contributed by atoms with E-state index in [0.29, 0.717) is 27.0 Å². The average Bonchev–Trinajstić information content (AvgIpc) is 2.55. The molecule has 26 heavy (non-hydrogen) atoms. The molecule has 0 aliphatic carbocycles. The van der Waals surface area contributed by atoms with Crippen molar-refractivity contribution in [3.8, 4) is 0 Å². The summed E-state index contributed by atoms with van der Waals surface area (Å²) >= 11 is 14.6. The van der Waals surface area contributed by atoms with Crippen LogP contribution < -0.4 is 16.0 Å². The zero-order valence-electron chi connectivity index (χ0n) is 13.2. The number of nitrogens with two attached hydrogens (primary N) is 1. The smallest absolute Gasteiger partial charge is 0.326 e. The van der Waals surface area contributed by atoms with Crippen LogP contribution in [0.1, 0.15) is 18.0 Å². The summed E-state index contributed by atoms with van der Waals surface area (Å²) in [5, 5.41) is 13.1. The fourth-order valence-corrected chi connectivity index (χ4v) is 4.07. The van der Waals surface area contributed by atoms with Crippen molar-refractivity contribution in [1.82, 2.24) is 0 Å². The van der Waals surface area contributed by atoms with Crippen LogP contribution in [0.2, 0.25) is 10.0 Å². The third-order valence-electron chi connectivity index (χ3n) is 4.17. The van der Waals surface area contributed by atoms with Crippen LogP contribution >= 0.6 is 45.8 Å². The first-order valence-corrected chi connectivity index (χ1v) is 9.44. The van der Waals surface area contributed by atoms with Gasteiger partial charge in [0.1, 0.15) is 6.04 Å². The Morgan fingerprint density at radius 3 is 2.46 bits per heavy atom. The van der Waals surface area contributed by atoms with E-state index in [1.165, 1.54) is 4.90 Å². The molecule has 2 aromatic carbocycles. The molecule has 2 amide bonds. The molecule has 0 bridgehead atoms. The molecular formula is C17H14Cl2IN3O3. The molecule has 3 rings (SSSR count). The Bertz CT molecular complexity index is 876. The first-order valence-electron chi connectivity index (χ1n) is 7.60. The molecule has 1 aliphatic rings. The number of aliphatic carboxylic acids is 1. The average molecular weight is 506 g/mol. The van der Waals surface area contributed by atoms with E-state index in [9.17, 15) is 14.7 Å². The Balaban J connectivity index is 2.15. The summed E-state index contributed by atoms with van der Waals surface area (Å²) in [5.74, 6) is -1.04. The van der Waals surface area contributed by atoms with Gasteiger partial charge >= 0.3 is 12.0 Å². The van der Waals surface area contributed by atoms with Crippen molar-refractivity contribution < 1.29 is 14.7 Å². The van der Waals surface area contributed by atoms with E-state index in [4.69, 9.17) is 28.9 Å². The van der Waals surface area contributed by atoms with Gasteiger partial charge in [0.25, 0.3) is 0 Å². The van der Waals surface area contributed by atoms with Crippen LogP contribution in [-0.4, -0.2) is 23.1 Å². The Morgan fingerprint density at radius 2 is 1.88 bits per heavy atom. The molecule has 0 saturated heterocycles. The van der Waals surface area contributed by atoms with E-state index in [0.717, 1.165) is 3.57 Å². The second kappa shape index (κ2) is 7.50. The molecular weight excluding hydrogens is 492 g/mol. The molecule has 1 heterocycles. The standard InChI is InChI=1S/C17H14Cl2IN3O3/c18-8-5-11(19)15-12(6-8)22-13(16(24)25)7-14(15)23(17(21)26)10-3-1-9(20)2-4-10/h1-6,13-14,22H,7H2,(H2,21,26)(H,24,25). The molecule has 2 unspecified atom stereocenters. The van der Waals surface area contributed by atoms with E-state index in [2.05, 4.69) is 27.9 Å². The molecule has 4 N–H and O–H groups in total. The van der Waals surface area contributed by atoms with Crippen molar-refractivity contribution in [2.45, 2.75) is 18.5 Å². The van der Waals surface area contributed by atoms with Gasteiger partial charge in [0, 0.05) is 37.0 Å². The molecule has 0 radical (unpaired) electrons. The minimum atomic E-state index is -1.04. The molecule has 0 aromatic heterocycles. The molecule has 0 saturated carbocycles. The van der Waals surface area contributed by atoms with Crippen LogP contribution in [-0.2, 0) is 4.79 Å². The minimum absolute atomic E-state index is 0.110. The van der Waals surface area contributed by atoms with Gasteiger partial charge in [0.15, 0.2) is 0 Å². The van der Waals surface area contributed by atoms with Crippen LogP contribution in [0.3, 0.4) is 0 Å². The van der Waals surface area contributed by atoms with E-state index in [1.807, 2.05) is 12.1 Å². The van der Waals surface area contributed by atoms with Gasteiger partial charge in [0.05, 0.1) is 6.04 Å². The lowest BCUT2D eigenvalue weighted by Crippen LogP contribution is -2.45. The van der Waals surface area contributed by atoms with Gasteiger partial charge in [-0.1, -0.05) is 23.2 Å². The Kier molecular flexibility index (Phi) is 5.50. The molecule has 0 fully saturated rings. The predicted molar refractivity (Wildman–Crippen MR) is 110 cm³/mol. The summed E-state index contributed by atoms with van der Waals surface area (Å²) in [6.45, 7) is 0. The molecule has 2 atom stereocenters. The number of rotatable bonds is 3. The Hall–Kier alpha value is -1.71. The summed E-state index contributed by atoms with van der Waals surface area (Å²) in [6.07, 6.45) is 0.110. The quantitative estimate of drug-likeness (QED) is 0.535. The highest BCUT2D eigenvalue weighted by atomic mass is 127. The van der Waals surface area contributed by atoms with Crippen molar-refractivity contribution in [3.63, 3.8) is 0 Å². The molecule has 9 heteroatoms. The van der Waals surface area contributed by atoms with Gasteiger partial charge in [-0.3, -0.25) is 4.90 Å². The van der Waals surface area contributed by atoms with Crippen LogP contribution in [0, 0.1) is 3.57 Å². The maximum Gasteiger partial charge on any atom is 0.326 e. The molecule has 136 valence electrons. The largest absolute Gasteiger partial charge is 0.480 e. The number of hydrogen-bond acceptors (Lipinski definition) is 3. The summed E-state index contributed by atoms with van der Waals surface area (Å²) in [6, 6.07) is 8.10. The summed E-state index contributed by atoms with van der Waals surface area (Å²) in [4.78, 5) is 25.2. The van der Waals surface area contributed by atoms with Gasteiger partial charge in [-0.25, -0.2) is 9.59 Å². The van der Waals surface area contributed by atoms with Crippen molar-refractivity contribution in [1.29, 1.82) is 0 Å². The highest BCUT2D eigenvalue weighted by Crippen LogP contribution is 2.44. The van der Waals surface area contributed by atoms with Gasteiger partial charge < -0.3 is 16.2 Å². The van der Waals surface area contributed by atoms with E-state index >= 15 is 0 Å². The number of carbonyl (C=O) groups is 2. The monoisotopic (exact) mass is 505 g/mol. The molecule has 1 aliphatic heterocycles. The van der Waals surface area contributed by atoms with Crippen LogP contribution in [0.25, 0.3) is 0 Å². The number of carboxylic acids is 1. The number of carbonyl (C=O) groups excluding carboxylic acids is 1. The first-order chi connectivity index (χ1) is 12.3. The minimum Gasteiger partial charge on any atom is -0.480 e. The SMILES string of the molecule is NC(=O)N(c1ccc(I)cc1)C1CC(C(=O)O)Nc2cc(Cl)cc(Cl)c21. The van der Waals surface area contributed by atoms with Crippen LogP contribution in [0.15, 0.2) is 36.4 Å². The topological polar surface area (TPSA) is 95.7 Å². The first kappa shape index (κ1) is 19.1. The summed E-state index contributed by atoms with van der Waals surface area (Å²) in [7, 11) is 0. The maximum atomic E-state index is 12.3. The third kappa shape index (κ3) is 3.70. The van der Waals surface area contributed by atoms with Crippen LogP contribution in [0.5, 0.6) is 0 Å². The van der Waals surface area contributed by atoms with Gasteiger partial charge in [-0.15, -0.1) is 0 Å². The molecule has 2 aromatic rings. The molecule has 0 spiro atoms. The maximum absolute atomic E-state index is 12.3. The number of urea groups is 1. The van der Waals surface area contributed by atoms with Crippen molar-refractivity contribution in [3.05, 3.63) is 55.6 Å². The Labute approximate surface area is 173 Å². The van der Waals surface area contributed by atoms with Crippen LogP contribution in [0.4, 0.5) is 16.2 Å². The number of nitrogens with zero attached hydrogens (tertiary/aromatic N) is 1. The second-order valence-corrected chi connectivity index (χ2v) is 7.91. The van der Waals surface area contributed by atoms with E-state index < -0.39 is 24.1 Å². The number of benzene rings is 2. The normalized spacial score (nSPS) is 18.6. The van der Waals surface area contributed by atoms with Gasteiger partial charge in [-0.05, 0) is 59.0 Å². The highest BCUT2D eigenvalue weighted by Gasteiger charge is 2.38. The fraction of sp³-hybridized carbons (Fsp3) is 0.176. The van der Waals surface area contributed by atoms with Crippen molar-refractivity contribution in [2.75, 3.05) is 10.2 Å². The van der Waals surface area contributed by atoms with Gasteiger partial charge in [-0.2, -0.15) is 0 Å². The number of carboxylic acid groups (broad SMARTS) is 1. The lowest BCUT2D eigenvalue weighted by Gasteiger charge is -2.38. The summed E-state index contributed by atoms with van der Waals surface area (Å²) < 4.78 is 0.995. The number of nitrogens with one attached hydrogen (secondary N) is 1. The number of amides is 2. The number of hydrogen-bond donors (Lipinski definition) is 3. The Morgan fingerprint density at radius 1 is 1.23 bits per heavy atom. The van der Waals surface area contributed by atoms with E-state index in [1.54, 1.807) is 24.3 Å². The van der Waals surface area contributed by atoms with Crippen molar-refractivity contribution in [2.24, 2.45) is 5.73 Å². The van der Waals surface area contributed by atoms with E-state index in [-0.39, 0.29) is 6.42 Å². The number of halogens is 3. The summed E-state index contributed by atoms with van der Waals surface area (Å²) in [5.41, 5.74) is 7.27. The zero-order chi connectivity index (χ0) is 19.0. The number of primary amides is 1. The lowest BCUT2D eigenvalue weighted by atomic mass is 9.91. The van der Waals surface area contributed by atoms with Crippen molar-refractivity contribution >= 4 is 69.2 Å². The highest BCUT2D eigenvalue weighted by molar-refractivity contribution is 14.1. The molecule has 6 nitrogen and oxygen atoms in total.